The molecule has 3 heterocycles. The summed E-state index contributed by atoms with van der Waals surface area (Å²) in [5.41, 5.74) is 7.62. The fourth-order valence-corrected chi connectivity index (χ4v) is 4.31. The molecule has 3 aromatic rings. The third kappa shape index (κ3) is 3.50. The summed E-state index contributed by atoms with van der Waals surface area (Å²) in [5.74, 6) is -3.92. The van der Waals surface area contributed by atoms with Gasteiger partial charge in [0.2, 0.25) is 0 Å². The van der Waals surface area contributed by atoms with Gasteiger partial charge in [-0.1, -0.05) is 0 Å². The Labute approximate surface area is 184 Å². The van der Waals surface area contributed by atoms with E-state index in [9.17, 15) is 13.6 Å². The number of aryl methyl sites for hydroxylation is 2. The first-order valence-electron chi connectivity index (χ1n) is 9.36. The molecule has 2 aromatic heterocycles. The number of piperidine rings is 1. The van der Waals surface area contributed by atoms with Crippen molar-refractivity contribution in [2.75, 3.05) is 18.0 Å². The highest BCUT2D eigenvalue weighted by molar-refractivity contribution is 14.1. The van der Waals surface area contributed by atoms with Crippen molar-refractivity contribution in [1.82, 2.24) is 14.4 Å². The molecule has 6 nitrogen and oxygen atoms in total. The number of halogens is 4. The Balaban J connectivity index is 1.94. The molecule has 10 heteroatoms. The van der Waals surface area contributed by atoms with Gasteiger partial charge in [0.1, 0.15) is 5.82 Å². The molecule has 0 aliphatic carbocycles. The molecular formula is C20H19F3IN5O. The molecule has 0 saturated carbocycles. The lowest BCUT2D eigenvalue weighted by molar-refractivity contribution is -0.0221. The second kappa shape index (κ2) is 7.40. The second-order valence-electron chi connectivity index (χ2n) is 7.42. The lowest BCUT2D eigenvalue weighted by Crippen LogP contribution is -2.40. The Hall–Kier alpha value is -2.37. The Morgan fingerprint density at radius 3 is 2.50 bits per heavy atom. The van der Waals surface area contributed by atoms with Gasteiger partial charge in [-0.2, -0.15) is 0 Å². The molecule has 0 unspecified atom stereocenters. The second-order valence-corrected chi connectivity index (χ2v) is 8.58. The average Bonchev–Trinajstić information content (AvgIpc) is 2.95. The van der Waals surface area contributed by atoms with Crippen molar-refractivity contribution in [3.8, 4) is 11.3 Å². The van der Waals surface area contributed by atoms with Crippen molar-refractivity contribution in [3.05, 3.63) is 44.7 Å². The summed E-state index contributed by atoms with van der Waals surface area (Å²) >= 11 is 1.97. The summed E-state index contributed by atoms with van der Waals surface area (Å²) < 4.78 is 44.9. The van der Waals surface area contributed by atoms with Gasteiger partial charge in [-0.15, -0.1) is 0 Å². The topological polar surface area (TPSA) is 76.5 Å². The lowest BCUT2D eigenvalue weighted by Gasteiger charge is -2.32. The molecule has 0 radical (unpaired) electrons. The van der Waals surface area contributed by atoms with Gasteiger partial charge >= 0.3 is 0 Å². The van der Waals surface area contributed by atoms with Gasteiger partial charge in [0.25, 0.3) is 11.8 Å². The molecular weight excluding hydrogens is 510 g/mol. The van der Waals surface area contributed by atoms with Crippen LogP contribution >= 0.6 is 22.6 Å². The maximum absolute atomic E-state index is 15.2. The summed E-state index contributed by atoms with van der Waals surface area (Å²) in [6.07, 6.45) is 1.08. The fourth-order valence-electron chi connectivity index (χ4n) is 3.61. The highest BCUT2D eigenvalue weighted by Gasteiger charge is 2.35. The molecule has 158 valence electrons. The minimum absolute atomic E-state index is 0.116. The molecule has 1 saturated heterocycles. The number of hydrogen-bond donors (Lipinski definition) is 1. The number of nitrogens with two attached hydrogens (primary N) is 1. The molecule has 1 fully saturated rings. The van der Waals surface area contributed by atoms with Crippen LogP contribution < -0.4 is 10.6 Å². The lowest BCUT2D eigenvalue weighted by atomic mass is 10.1. The van der Waals surface area contributed by atoms with Gasteiger partial charge in [0.15, 0.2) is 11.5 Å². The van der Waals surface area contributed by atoms with Crippen LogP contribution in [0.1, 0.15) is 34.6 Å². The first-order valence-corrected chi connectivity index (χ1v) is 10.4. The van der Waals surface area contributed by atoms with Crippen molar-refractivity contribution < 1.29 is 18.0 Å². The maximum Gasteiger partial charge on any atom is 0.251 e. The summed E-state index contributed by atoms with van der Waals surface area (Å²) in [7, 11) is 0. The number of anilines is 1. The van der Waals surface area contributed by atoms with Crippen LogP contribution in [0, 0.1) is 23.2 Å². The van der Waals surface area contributed by atoms with Gasteiger partial charge in [-0.05, 0) is 48.6 Å². The SMILES string of the molecule is Cc1nc2c(N3CCC(F)(F)CC3)nc(-c3c(I)ccc(C(N)=O)c3F)cn2c1C. The molecule has 1 aliphatic rings. The number of nitrogens with zero attached hydrogens (tertiary/aromatic N) is 4. The number of carbonyl (C=O) groups excluding carboxylic acids is 1. The molecule has 0 bridgehead atoms. The zero-order valence-electron chi connectivity index (χ0n) is 16.3. The average molecular weight is 529 g/mol. The molecule has 2 N–H and O–H groups in total. The summed E-state index contributed by atoms with van der Waals surface area (Å²) in [6.45, 7) is 3.94. The number of amides is 1. The van der Waals surface area contributed by atoms with Crippen molar-refractivity contribution in [2.24, 2.45) is 5.73 Å². The van der Waals surface area contributed by atoms with Gasteiger partial charge in [0, 0.05) is 41.4 Å². The quantitative estimate of drug-likeness (QED) is 0.519. The molecule has 0 spiro atoms. The normalized spacial score (nSPS) is 16.3. The number of rotatable bonds is 3. The van der Waals surface area contributed by atoms with Crippen LogP contribution in [-0.4, -0.2) is 39.3 Å². The van der Waals surface area contributed by atoms with E-state index >= 15 is 4.39 Å². The van der Waals surface area contributed by atoms with Gasteiger partial charge in [0.05, 0.1) is 22.5 Å². The summed E-state index contributed by atoms with van der Waals surface area (Å²) in [6, 6.07) is 2.93. The van der Waals surface area contributed by atoms with Crippen LogP contribution in [0.15, 0.2) is 18.3 Å². The van der Waals surface area contributed by atoms with E-state index in [1.54, 1.807) is 21.6 Å². The van der Waals surface area contributed by atoms with Gasteiger partial charge in [-0.3, -0.25) is 9.20 Å². The zero-order chi connectivity index (χ0) is 21.8. The zero-order valence-corrected chi connectivity index (χ0v) is 18.5. The number of primary amides is 1. The minimum atomic E-state index is -2.71. The van der Waals surface area contributed by atoms with E-state index in [1.165, 1.54) is 6.07 Å². The standard InChI is InChI=1S/C20H19F3IN5O/c1-10-11(2)29-9-14(15-13(24)4-3-12(16(15)21)17(25)30)27-18(19(29)26-10)28-7-5-20(22,23)6-8-28/h3-4,9H,5-8H2,1-2H3,(H2,25,30). The van der Waals surface area contributed by atoms with Crippen molar-refractivity contribution in [2.45, 2.75) is 32.6 Å². The predicted molar refractivity (Wildman–Crippen MR) is 115 cm³/mol. The predicted octanol–water partition coefficient (Wildman–Crippen LogP) is 4.09. The minimum Gasteiger partial charge on any atom is -0.366 e. The summed E-state index contributed by atoms with van der Waals surface area (Å²) in [5, 5.41) is 0. The number of fused-ring (bicyclic) bond motifs is 1. The van der Waals surface area contributed by atoms with Gasteiger partial charge in [-0.25, -0.2) is 23.1 Å². The summed E-state index contributed by atoms with van der Waals surface area (Å²) in [4.78, 5) is 22.6. The Morgan fingerprint density at radius 2 is 1.87 bits per heavy atom. The monoisotopic (exact) mass is 529 g/mol. The highest BCUT2D eigenvalue weighted by atomic mass is 127. The number of imidazole rings is 1. The third-order valence-corrected chi connectivity index (χ3v) is 6.37. The largest absolute Gasteiger partial charge is 0.366 e. The van der Waals surface area contributed by atoms with E-state index in [-0.39, 0.29) is 42.8 Å². The van der Waals surface area contributed by atoms with Crippen LogP contribution in [0.3, 0.4) is 0 Å². The smallest absolute Gasteiger partial charge is 0.251 e. The van der Waals surface area contributed by atoms with E-state index in [4.69, 9.17) is 5.73 Å². The van der Waals surface area contributed by atoms with E-state index in [0.29, 0.717) is 15.0 Å². The Kier molecular flexibility index (Phi) is 5.15. The molecule has 4 rings (SSSR count). The van der Waals surface area contributed by atoms with Crippen LogP contribution in [-0.2, 0) is 0 Å². The number of carbonyl (C=O) groups is 1. The highest BCUT2D eigenvalue weighted by Crippen LogP contribution is 2.35. The number of benzene rings is 1. The number of hydrogen-bond acceptors (Lipinski definition) is 4. The Morgan fingerprint density at radius 1 is 1.20 bits per heavy atom. The van der Waals surface area contributed by atoms with Crippen LogP contribution in [0.2, 0.25) is 0 Å². The van der Waals surface area contributed by atoms with Crippen molar-refractivity contribution >= 4 is 40.0 Å². The van der Waals surface area contributed by atoms with E-state index in [0.717, 1.165) is 11.4 Å². The van der Waals surface area contributed by atoms with Crippen molar-refractivity contribution in [3.63, 3.8) is 0 Å². The van der Waals surface area contributed by atoms with E-state index in [2.05, 4.69) is 9.97 Å². The molecule has 0 atom stereocenters. The fraction of sp³-hybridized carbons (Fsp3) is 0.350. The van der Waals surface area contributed by atoms with Crippen LogP contribution in [0.4, 0.5) is 19.0 Å². The maximum atomic E-state index is 15.2. The van der Waals surface area contributed by atoms with Crippen molar-refractivity contribution in [1.29, 1.82) is 0 Å². The van der Waals surface area contributed by atoms with E-state index < -0.39 is 17.6 Å². The molecule has 30 heavy (non-hydrogen) atoms. The van der Waals surface area contributed by atoms with E-state index in [1.807, 2.05) is 36.4 Å². The molecule has 1 aromatic carbocycles. The first kappa shape index (κ1) is 20.9. The van der Waals surface area contributed by atoms with Crippen LogP contribution in [0.25, 0.3) is 16.9 Å². The number of aromatic nitrogens is 3. The van der Waals surface area contributed by atoms with Crippen LogP contribution in [0.5, 0.6) is 0 Å². The van der Waals surface area contributed by atoms with Gasteiger partial charge < -0.3 is 10.6 Å². The third-order valence-electron chi connectivity index (χ3n) is 5.47. The molecule has 1 amide bonds. The number of alkyl halides is 2. The molecule has 1 aliphatic heterocycles. The first-order chi connectivity index (χ1) is 14.1. The Bertz CT molecular complexity index is 1170.